The zero-order valence-electron chi connectivity index (χ0n) is 15.0. The summed E-state index contributed by atoms with van der Waals surface area (Å²) in [5.41, 5.74) is 1.26. The molecule has 0 radical (unpaired) electrons. The largest absolute Gasteiger partial charge is 0.337 e. The molecule has 2 heterocycles. The summed E-state index contributed by atoms with van der Waals surface area (Å²) in [7, 11) is 0. The average molecular weight is 366 g/mol. The molecule has 3 rings (SSSR count). The summed E-state index contributed by atoms with van der Waals surface area (Å²) in [5, 5.41) is 8.98. The summed E-state index contributed by atoms with van der Waals surface area (Å²) in [5.74, 6) is -1.14. The Kier molecular flexibility index (Phi) is 5.46. The zero-order valence-corrected chi connectivity index (χ0v) is 15.0. The molecule has 6 nitrogen and oxygen atoms in total. The third-order valence-corrected chi connectivity index (χ3v) is 4.60. The van der Waals surface area contributed by atoms with Gasteiger partial charge in [-0.3, -0.25) is 9.59 Å². The van der Waals surface area contributed by atoms with Crippen LogP contribution in [-0.4, -0.2) is 52.8 Å². The van der Waals surface area contributed by atoms with Crippen LogP contribution in [0.15, 0.2) is 36.4 Å². The molecule has 0 saturated carbocycles. The summed E-state index contributed by atoms with van der Waals surface area (Å²) in [4.78, 5) is 32.7. The molecule has 27 heavy (non-hydrogen) atoms. The number of halogens is 1. The lowest BCUT2D eigenvalue weighted by Crippen LogP contribution is -2.38. The first-order chi connectivity index (χ1) is 13.0. The number of nitriles is 1. The second-order valence-electron chi connectivity index (χ2n) is 6.36. The number of amides is 2. The zero-order chi connectivity index (χ0) is 19.4. The molecule has 1 aromatic carbocycles. The molecule has 7 heteroatoms. The van der Waals surface area contributed by atoms with Gasteiger partial charge < -0.3 is 9.80 Å². The fraction of sp³-hybridized carbons (Fsp3) is 0.300. The van der Waals surface area contributed by atoms with E-state index in [1.165, 1.54) is 12.1 Å². The Balaban J connectivity index is 1.70. The molecule has 0 atom stereocenters. The Morgan fingerprint density at radius 3 is 2.33 bits per heavy atom. The maximum absolute atomic E-state index is 13.9. The van der Waals surface area contributed by atoms with Crippen LogP contribution in [-0.2, 0) is 0 Å². The van der Waals surface area contributed by atoms with Crippen molar-refractivity contribution in [2.45, 2.75) is 13.3 Å². The fourth-order valence-electron chi connectivity index (χ4n) is 3.09. The minimum absolute atomic E-state index is 0.0432. The molecule has 0 aliphatic carbocycles. The Labute approximate surface area is 156 Å². The lowest BCUT2D eigenvalue weighted by Gasteiger charge is -2.22. The molecule has 2 amide bonds. The number of hydrogen-bond donors (Lipinski definition) is 0. The summed E-state index contributed by atoms with van der Waals surface area (Å²) in [6.45, 7) is 3.30. The van der Waals surface area contributed by atoms with Crippen LogP contribution in [0.1, 0.15) is 38.5 Å². The van der Waals surface area contributed by atoms with E-state index in [4.69, 9.17) is 5.26 Å². The second-order valence-corrected chi connectivity index (χ2v) is 6.36. The standard InChI is InChI=1S/C20H19FN4O2/c1-14-15(13-22)7-8-18(23-14)20(27)25-10-4-9-24(11-12-25)19(26)16-5-2-3-6-17(16)21/h2-3,5-8H,4,9-12H2,1H3. The van der Waals surface area contributed by atoms with E-state index in [0.29, 0.717) is 43.9 Å². The van der Waals surface area contributed by atoms with Crippen LogP contribution in [0, 0.1) is 24.1 Å². The van der Waals surface area contributed by atoms with Crippen molar-refractivity contribution in [1.82, 2.24) is 14.8 Å². The van der Waals surface area contributed by atoms with Crippen molar-refractivity contribution >= 4 is 11.8 Å². The van der Waals surface area contributed by atoms with Crippen LogP contribution in [0.25, 0.3) is 0 Å². The minimum atomic E-state index is -0.545. The summed E-state index contributed by atoms with van der Waals surface area (Å²) in [6.07, 6.45) is 0.598. The van der Waals surface area contributed by atoms with Crippen molar-refractivity contribution < 1.29 is 14.0 Å². The van der Waals surface area contributed by atoms with E-state index in [9.17, 15) is 14.0 Å². The molecular formula is C20H19FN4O2. The lowest BCUT2D eigenvalue weighted by atomic mass is 10.2. The predicted molar refractivity (Wildman–Crippen MR) is 96.5 cm³/mol. The number of nitrogens with zero attached hydrogens (tertiary/aromatic N) is 4. The third kappa shape index (κ3) is 3.95. The van der Waals surface area contributed by atoms with Crippen molar-refractivity contribution in [3.05, 3.63) is 64.7 Å². The van der Waals surface area contributed by atoms with E-state index < -0.39 is 5.82 Å². The molecule has 1 aliphatic heterocycles. The SMILES string of the molecule is Cc1nc(C(=O)N2CCCN(C(=O)c3ccccc3F)CC2)ccc1C#N. The Morgan fingerprint density at radius 1 is 1.04 bits per heavy atom. The monoisotopic (exact) mass is 366 g/mol. The molecule has 1 saturated heterocycles. The minimum Gasteiger partial charge on any atom is -0.337 e. The van der Waals surface area contributed by atoms with Crippen LogP contribution >= 0.6 is 0 Å². The van der Waals surface area contributed by atoms with Gasteiger partial charge in [0.15, 0.2) is 0 Å². The number of hydrogen-bond acceptors (Lipinski definition) is 4. The van der Waals surface area contributed by atoms with Crippen LogP contribution in [0.4, 0.5) is 4.39 Å². The first-order valence-electron chi connectivity index (χ1n) is 8.72. The van der Waals surface area contributed by atoms with Gasteiger partial charge in [0.05, 0.1) is 16.8 Å². The molecule has 0 bridgehead atoms. The smallest absolute Gasteiger partial charge is 0.272 e. The van der Waals surface area contributed by atoms with E-state index in [2.05, 4.69) is 4.98 Å². The van der Waals surface area contributed by atoms with E-state index in [0.717, 1.165) is 0 Å². The molecule has 0 N–H and O–H groups in total. The van der Waals surface area contributed by atoms with Gasteiger partial charge >= 0.3 is 0 Å². The molecule has 1 aromatic heterocycles. The molecule has 2 aromatic rings. The van der Waals surface area contributed by atoms with Crippen LogP contribution < -0.4 is 0 Å². The average Bonchev–Trinajstić information content (AvgIpc) is 2.93. The maximum Gasteiger partial charge on any atom is 0.272 e. The Morgan fingerprint density at radius 2 is 1.70 bits per heavy atom. The van der Waals surface area contributed by atoms with Gasteiger partial charge in [-0.05, 0) is 37.6 Å². The van der Waals surface area contributed by atoms with Crippen LogP contribution in [0.2, 0.25) is 0 Å². The van der Waals surface area contributed by atoms with E-state index in [1.54, 1.807) is 41.0 Å². The van der Waals surface area contributed by atoms with E-state index in [-0.39, 0.29) is 23.1 Å². The number of aryl methyl sites for hydroxylation is 1. The first-order valence-corrected chi connectivity index (χ1v) is 8.72. The van der Waals surface area contributed by atoms with Crippen molar-refractivity contribution in [2.75, 3.05) is 26.2 Å². The molecule has 0 unspecified atom stereocenters. The molecule has 1 aliphatic rings. The third-order valence-electron chi connectivity index (χ3n) is 4.60. The highest BCUT2D eigenvalue weighted by Gasteiger charge is 2.25. The van der Waals surface area contributed by atoms with Crippen LogP contribution in [0.5, 0.6) is 0 Å². The molecule has 0 spiro atoms. The van der Waals surface area contributed by atoms with Crippen molar-refractivity contribution in [1.29, 1.82) is 5.26 Å². The maximum atomic E-state index is 13.9. The van der Waals surface area contributed by atoms with E-state index >= 15 is 0 Å². The topological polar surface area (TPSA) is 77.3 Å². The van der Waals surface area contributed by atoms with Gasteiger partial charge in [0.2, 0.25) is 0 Å². The van der Waals surface area contributed by atoms with Crippen molar-refractivity contribution in [2.24, 2.45) is 0 Å². The number of carbonyl (C=O) groups is 2. The highest BCUT2D eigenvalue weighted by molar-refractivity contribution is 5.95. The molecule has 138 valence electrons. The summed E-state index contributed by atoms with van der Waals surface area (Å²) in [6, 6.07) is 11.1. The second kappa shape index (κ2) is 7.96. The van der Waals surface area contributed by atoms with Gasteiger partial charge in [-0.25, -0.2) is 9.37 Å². The highest BCUT2D eigenvalue weighted by atomic mass is 19.1. The van der Waals surface area contributed by atoms with Gasteiger partial charge in [0.1, 0.15) is 17.6 Å². The number of rotatable bonds is 2. The normalized spacial score (nSPS) is 14.4. The van der Waals surface area contributed by atoms with Crippen molar-refractivity contribution in [3.8, 4) is 6.07 Å². The quantitative estimate of drug-likeness (QED) is 0.818. The Bertz CT molecular complexity index is 922. The fourth-order valence-corrected chi connectivity index (χ4v) is 3.09. The van der Waals surface area contributed by atoms with E-state index in [1.807, 2.05) is 6.07 Å². The molecular weight excluding hydrogens is 347 g/mol. The van der Waals surface area contributed by atoms with Gasteiger partial charge in [-0.1, -0.05) is 12.1 Å². The Hall–Kier alpha value is -3.27. The first kappa shape index (κ1) is 18.5. The lowest BCUT2D eigenvalue weighted by molar-refractivity contribution is 0.0713. The number of carbonyl (C=O) groups excluding carboxylic acids is 2. The predicted octanol–water partition coefficient (Wildman–Crippen LogP) is 2.39. The van der Waals surface area contributed by atoms with Gasteiger partial charge in [-0.15, -0.1) is 0 Å². The number of benzene rings is 1. The summed E-state index contributed by atoms with van der Waals surface area (Å²) >= 11 is 0. The van der Waals surface area contributed by atoms with Gasteiger partial charge in [0.25, 0.3) is 11.8 Å². The number of pyridine rings is 1. The van der Waals surface area contributed by atoms with Crippen LogP contribution in [0.3, 0.4) is 0 Å². The number of aromatic nitrogens is 1. The molecule has 1 fully saturated rings. The summed E-state index contributed by atoms with van der Waals surface area (Å²) < 4.78 is 13.9. The van der Waals surface area contributed by atoms with Gasteiger partial charge in [-0.2, -0.15) is 5.26 Å². The highest BCUT2D eigenvalue weighted by Crippen LogP contribution is 2.14. The van der Waals surface area contributed by atoms with Crippen molar-refractivity contribution in [3.63, 3.8) is 0 Å². The van der Waals surface area contributed by atoms with Gasteiger partial charge in [0, 0.05) is 26.2 Å².